The van der Waals surface area contributed by atoms with Crippen LogP contribution in [-0.2, 0) is 4.79 Å². The number of aliphatic carboxylic acids is 1. The number of rotatable bonds is 5. The van der Waals surface area contributed by atoms with Crippen molar-refractivity contribution >= 4 is 5.97 Å². The van der Waals surface area contributed by atoms with E-state index in [4.69, 9.17) is 0 Å². The Kier molecular flexibility index (Phi) is 5.24. The second kappa shape index (κ2) is 6.11. The lowest BCUT2D eigenvalue weighted by Crippen LogP contribution is -2.49. The van der Waals surface area contributed by atoms with Crippen molar-refractivity contribution in [2.45, 2.75) is 58.2 Å². The molecule has 0 aromatic carbocycles. The van der Waals surface area contributed by atoms with Gasteiger partial charge in [0.25, 0.3) is 0 Å². The molecule has 2 unspecified atom stereocenters. The van der Waals surface area contributed by atoms with Crippen molar-refractivity contribution in [3.8, 4) is 0 Å². The fourth-order valence-corrected chi connectivity index (χ4v) is 2.61. The summed E-state index contributed by atoms with van der Waals surface area (Å²) in [6, 6.07) is 0.00123. The fraction of sp³-hybridized carbons (Fsp3) is 0.923. The first-order valence-corrected chi connectivity index (χ1v) is 6.68. The monoisotopic (exact) mass is 281 g/mol. The van der Waals surface area contributed by atoms with Crippen LogP contribution in [-0.4, -0.2) is 41.3 Å². The number of carbonyl (C=O) groups is 1. The summed E-state index contributed by atoms with van der Waals surface area (Å²) in [6.45, 7) is 4.79. The molecular weight excluding hydrogens is 259 g/mol. The molecule has 0 saturated carbocycles. The van der Waals surface area contributed by atoms with Crippen molar-refractivity contribution in [2.75, 3.05) is 13.1 Å². The van der Waals surface area contributed by atoms with Gasteiger partial charge in [0.2, 0.25) is 0 Å². The van der Waals surface area contributed by atoms with Crippen LogP contribution in [0.2, 0.25) is 0 Å². The number of hydrogen-bond donors (Lipinski definition) is 1. The molecule has 0 aromatic rings. The first-order valence-electron chi connectivity index (χ1n) is 6.68. The highest BCUT2D eigenvalue weighted by atomic mass is 19.4. The summed E-state index contributed by atoms with van der Waals surface area (Å²) in [5.41, 5.74) is -0.767. The van der Waals surface area contributed by atoms with Gasteiger partial charge in [0.1, 0.15) is 0 Å². The summed E-state index contributed by atoms with van der Waals surface area (Å²) in [7, 11) is 0. The largest absolute Gasteiger partial charge is 0.481 e. The van der Waals surface area contributed by atoms with Crippen LogP contribution in [0.15, 0.2) is 0 Å². The van der Waals surface area contributed by atoms with E-state index >= 15 is 0 Å². The molecule has 19 heavy (non-hydrogen) atoms. The Hall–Kier alpha value is -0.780. The van der Waals surface area contributed by atoms with Gasteiger partial charge in [-0.15, -0.1) is 0 Å². The van der Waals surface area contributed by atoms with Gasteiger partial charge in [-0.25, -0.2) is 0 Å². The minimum absolute atomic E-state index is 0.00123. The van der Waals surface area contributed by atoms with Crippen LogP contribution < -0.4 is 0 Å². The molecule has 1 fully saturated rings. The molecule has 0 bridgehead atoms. The van der Waals surface area contributed by atoms with Crippen molar-refractivity contribution in [2.24, 2.45) is 5.41 Å². The van der Waals surface area contributed by atoms with Crippen molar-refractivity contribution in [1.29, 1.82) is 0 Å². The van der Waals surface area contributed by atoms with Gasteiger partial charge in [0.15, 0.2) is 0 Å². The molecule has 1 rings (SSSR count). The molecule has 1 aliphatic heterocycles. The predicted molar refractivity (Wildman–Crippen MR) is 65.9 cm³/mol. The number of nitrogens with zero attached hydrogens (tertiary/aromatic N) is 1. The minimum atomic E-state index is -4.10. The van der Waals surface area contributed by atoms with Crippen molar-refractivity contribution < 1.29 is 23.1 Å². The van der Waals surface area contributed by atoms with Crippen LogP contribution in [0.1, 0.15) is 46.0 Å². The number of halogens is 3. The topological polar surface area (TPSA) is 40.5 Å². The smallest absolute Gasteiger partial charge is 0.389 e. The van der Waals surface area contributed by atoms with Gasteiger partial charge in [-0.1, -0.05) is 0 Å². The molecule has 0 amide bonds. The SMILES string of the molecule is CC(CCCC(F)(F)F)N1CCCC(C)(C(=O)O)C1. The number of carboxylic acid groups (broad SMARTS) is 1. The maximum Gasteiger partial charge on any atom is 0.389 e. The molecule has 0 spiro atoms. The molecule has 0 radical (unpaired) electrons. The number of alkyl halides is 3. The van der Waals surface area contributed by atoms with Gasteiger partial charge in [-0.05, 0) is 46.1 Å². The highest BCUT2D eigenvalue weighted by Crippen LogP contribution is 2.32. The molecule has 0 aliphatic carbocycles. The summed E-state index contributed by atoms with van der Waals surface area (Å²) in [4.78, 5) is 13.2. The van der Waals surface area contributed by atoms with Gasteiger partial charge in [-0.3, -0.25) is 9.69 Å². The van der Waals surface area contributed by atoms with Gasteiger partial charge >= 0.3 is 12.1 Å². The zero-order valence-electron chi connectivity index (χ0n) is 11.5. The lowest BCUT2D eigenvalue weighted by atomic mass is 9.81. The number of carboxylic acids is 1. The summed E-state index contributed by atoms with van der Waals surface area (Å²) < 4.78 is 36.3. The summed E-state index contributed by atoms with van der Waals surface area (Å²) in [5.74, 6) is -0.820. The molecule has 1 N–H and O–H groups in total. The number of hydrogen-bond acceptors (Lipinski definition) is 2. The number of piperidine rings is 1. The van der Waals surface area contributed by atoms with Crippen LogP contribution >= 0.6 is 0 Å². The highest BCUT2D eigenvalue weighted by Gasteiger charge is 2.39. The molecule has 1 saturated heterocycles. The highest BCUT2D eigenvalue weighted by molar-refractivity contribution is 5.74. The molecule has 6 heteroatoms. The van der Waals surface area contributed by atoms with Crippen molar-refractivity contribution in [1.82, 2.24) is 4.90 Å². The summed E-state index contributed by atoms with van der Waals surface area (Å²) in [5, 5.41) is 9.20. The fourth-order valence-electron chi connectivity index (χ4n) is 2.61. The van der Waals surface area contributed by atoms with Crippen LogP contribution in [0.4, 0.5) is 13.2 Å². The van der Waals surface area contributed by atoms with E-state index < -0.39 is 24.0 Å². The lowest BCUT2D eigenvalue weighted by Gasteiger charge is -2.40. The maximum atomic E-state index is 12.1. The van der Waals surface area contributed by atoms with Gasteiger partial charge in [-0.2, -0.15) is 13.2 Å². The molecule has 1 aliphatic rings. The Balaban J connectivity index is 2.44. The normalized spacial score (nSPS) is 27.2. The third-order valence-corrected chi connectivity index (χ3v) is 3.95. The van der Waals surface area contributed by atoms with E-state index in [1.165, 1.54) is 0 Å². The van der Waals surface area contributed by atoms with Crippen LogP contribution in [0.5, 0.6) is 0 Å². The van der Waals surface area contributed by atoms with Crippen LogP contribution in [0, 0.1) is 5.41 Å². The molecule has 3 nitrogen and oxygen atoms in total. The average Bonchev–Trinajstić information content (AvgIpc) is 2.27. The minimum Gasteiger partial charge on any atom is -0.481 e. The summed E-state index contributed by atoms with van der Waals surface area (Å²) in [6.07, 6.45) is -2.89. The maximum absolute atomic E-state index is 12.1. The molecule has 112 valence electrons. The van der Waals surface area contributed by atoms with Crippen molar-refractivity contribution in [3.63, 3.8) is 0 Å². The Morgan fingerprint density at radius 1 is 1.47 bits per heavy atom. The predicted octanol–water partition coefficient (Wildman–Crippen LogP) is 3.29. The van der Waals surface area contributed by atoms with Gasteiger partial charge < -0.3 is 5.11 Å². The standard InChI is InChI=1S/C13H22F3NO2/c1-10(5-3-7-13(14,15)16)17-8-4-6-12(2,9-17)11(18)19/h10H,3-9H2,1-2H3,(H,18,19). The second-order valence-electron chi connectivity index (χ2n) is 5.80. The quantitative estimate of drug-likeness (QED) is 0.840. The van der Waals surface area contributed by atoms with Gasteiger partial charge in [0, 0.05) is 19.0 Å². The van der Waals surface area contributed by atoms with E-state index in [1.54, 1.807) is 6.92 Å². The first-order chi connectivity index (χ1) is 8.64. The van der Waals surface area contributed by atoms with E-state index in [-0.39, 0.29) is 12.5 Å². The Morgan fingerprint density at radius 2 is 2.11 bits per heavy atom. The molecular formula is C13H22F3NO2. The van der Waals surface area contributed by atoms with E-state index in [0.717, 1.165) is 13.0 Å². The van der Waals surface area contributed by atoms with E-state index in [2.05, 4.69) is 0 Å². The zero-order chi connectivity index (χ0) is 14.7. The third-order valence-electron chi connectivity index (χ3n) is 3.95. The molecule has 0 aromatic heterocycles. The van der Waals surface area contributed by atoms with Gasteiger partial charge in [0.05, 0.1) is 5.41 Å². The zero-order valence-corrected chi connectivity index (χ0v) is 11.5. The second-order valence-corrected chi connectivity index (χ2v) is 5.80. The number of likely N-dealkylation sites (tertiary alicyclic amines) is 1. The van der Waals surface area contributed by atoms with E-state index in [1.807, 2.05) is 11.8 Å². The van der Waals surface area contributed by atoms with Crippen LogP contribution in [0.25, 0.3) is 0 Å². The Morgan fingerprint density at radius 3 is 2.63 bits per heavy atom. The molecule has 2 atom stereocenters. The van der Waals surface area contributed by atoms with E-state index in [9.17, 15) is 23.1 Å². The Bertz CT molecular complexity index is 320. The average molecular weight is 281 g/mol. The third kappa shape index (κ3) is 5.01. The van der Waals surface area contributed by atoms with Crippen LogP contribution in [0.3, 0.4) is 0 Å². The lowest BCUT2D eigenvalue weighted by molar-refractivity contribution is -0.151. The first kappa shape index (κ1) is 16.3. The van der Waals surface area contributed by atoms with E-state index in [0.29, 0.717) is 19.4 Å². The Labute approximate surface area is 111 Å². The van der Waals surface area contributed by atoms with Crippen molar-refractivity contribution in [3.05, 3.63) is 0 Å². The molecule has 1 heterocycles. The summed E-state index contributed by atoms with van der Waals surface area (Å²) >= 11 is 0.